The first-order chi connectivity index (χ1) is 16.0. The number of primary amides is 1. The molecule has 3 aromatic rings. The summed E-state index contributed by atoms with van der Waals surface area (Å²) in [4.78, 5) is 31.3. The van der Waals surface area contributed by atoms with Crippen LogP contribution in [0.5, 0.6) is 11.5 Å². The quantitative estimate of drug-likeness (QED) is 0.367. The number of thiazole rings is 1. The van der Waals surface area contributed by atoms with Crippen molar-refractivity contribution in [3.63, 3.8) is 0 Å². The maximum atomic E-state index is 12.2. The third-order valence-corrected chi connectivity index (χ3v) is 6.95. The fourth-order valence-electron chi connectivity index (χ4n) is 4.22. The summed E-state index contributed by atoms with van der Waals surface area (Å²) in [6.45, 7) is 4.27. The Balaban J connectivity index is 1.40. The van der Waals surface area contributed by atoms with Crippen LogP contribution in [0.25, 0.3) is 11.3 Å². The third kappa shape index (κ3) is 3.96. The van der Waals surface area contributed by atoms with Crippen LogP contribution in [-0.4, -0.2) is 35.2 Å². The first kappa shape index (κ1) is 21.2. The van der Waals surface area contributed by atoms with Gasteiger partial charge < -0.3 is 20.7 Å². The molecule has 3 heterocycles. The van der Waals surface area contributed by atoms with E-state index in [0.29, 0.717) is 21.5 Å². The second kappa shape index (κ2) is 8.34. The molecule has 2 aliphatic heterocycles. The summed E-state index contributed by atoms with van der Waals surface area (Å²) < 4.78 is 5.85. The van der Waals surface area contributed by atoms with E-state index in [4.69, 9.17) is 15.5 Å². The predicted octanol–water partition coefficient (Wildman–Crippen LogP) is 3.23. The van der Waals surface area contributed by atoms with Gasteiger partial charge in [0, 0.05) is 12.1 Å². The fraction of sp³-hybridized carbons (Fsp3) is 0.208. The molecule has 2 aromatic carbocycles. The lowest BCUT2D eigenvalue weighted by atomic mass is 10.1. The number of ether oxygens (including phenoxy) is 1. The number of hydrogen-bond acceptors (Lipinski definition) is 7. The summed E-state index contributed by atoms with van der Waals surface area (Å²) in [5.41, 5.74) is 6.62. The Kier molecular flexibility index (Phi) is 5.35. The number of nitrogens with two attached hydrogens (primary N) is 1. The highest BCUT2D eigenvalue weighted by Gasteiger charge is 2.61. The zero-order valence-corrected chi connectivity index (χ0v) is 18.6. The number of aromatic nitrogens is 1. The molecular weight excluding hydrogens is 438 g/mol. The highest BCUT2D eigenvalue weighted by Crippen LogP contribution is 2.45. The van der Waals surface area contributed by atoms with Gasteiger partial charge in [0.1, 0.15) is 28.2 Å². The number of para-hydroxylation sites is 1. The predicted molar refractivity (Wildman–Crippen MR) is 127 cm³/mol. The van der Waals surface area contributed by atoms with Crippen LogP contribution in [0.2, 0.25) is 0 Å². The molecule has 168 valence electrons. The van der Waals surface area contributed by atoms with E-state index in [1.807, 2.05) is 54.6 Å². The van der Waals surface area contributed by atoms with Gasteiger partial charge in [-0.3, -0.25) is 14.9 Å². The lowest BCUT2D eigenvalue weighted by molar-refractivity contribution is -0.116. The van der Waals surface area contributed by atoms with E-state index in [1.54, 1.807) is 0 Å². The summed E-state index contributed by atoms with van der Waals surface area (Å²) in [6, 6.07) is 16.9. The number of carbonyl (C=O) groups excluding carboxylic acids is 2. The van der Waals surface area contributed by atoms with Crippen molar-refractivity contribution in [3.8, 4) is 22.8 Å². The topological polar surface area (TPSA) is 119 Å². The monoisotopic (exact) mass is 461 g/mol. The van der Waals surface area contributed by atoms with Gasteiger partial charge in [-0.1, -0.05) is 36.1 Å². The van der Waals surface area contributed by atoms with Crippen molar-refractivity contribution in [2.75, 3.05) is 11.4 Å². The molecule has 0 aliphatic carbocycles. The fourth-order valence-corrected chi connectivity index (χ4v) is 5.26. The Morgan fingerprint density at radius 2 is 1.94 bits per heavy atom. The molecule has 0 saturated carbocycles. The van der Waals surface area contributed by atoms with Gasteiger partial charge in [-0.05, 0) is 55.3 Å². The van der Waals surface area contributed by atoms with Crippen LogP contribution in [0.15, 0.2) is 67.3 Å². The zero-order chi connectivity index (χ0) is 23.0. The Morgan fingerprint density at radius 1 is 1.21 bits per heavy atom. The van der Waals surface area contributed by atoms with E-state index in [9.17, 15) is 9.59 Å². The third-order valence-electron chi connectivity index (χ3n) is 5.86. The number of nitrogens with one attached hydrogen (secondary N) is 2. The first-order valence-electron chi connectivity index (χ1n) is 10.6. The molecule has 2 fully saturated rings. The number of nitrogens with zero attached hydrogens (tertiary/aromatic N) is 2. The van der Waals surface area contributed by atoms with E-state index < -0.39 is 11.6 Å². The molecule has 2 saturated heterocycles. The van der Waals surface area contributed by atoms with Crippen LogP contribution < -0.4 is 26.0 Å². The van der Waals surface area contributed by atoms with Crippen LogP contribution in [-0.2, 0) is 4.79 Å². The highest BCUT2D eigenvalue weighted by molar-refractivity contribution is 7.18. The van der Waals surface area contributed by atoms with Crippen molar-refractivity contribution >= 4 is 28.3 Å². The van der Waals surface area contributed by atoms with E-state index in [1.165, 1.54) is 17.4 Å². The van der Waals surface area contributed by atoms with E-state index >= 15 is 0 Å². The van der Waals surface area contributed by atoms with Crippen molar-refractivity contribution in [1.29, 1.82) is 0 Å². The molecule has 1 spiro atoms. The number of carbonyl (C=O) groups is 2. The Morgan fingerprint density at radius 3 is 2.64 bits per heavy atom. The van der Waals surface area contributed by atoms with Crippen LogP contribution in [0, 0.1) is 0 Å². The average molecular weight is 462 g/mol. The number of hydrogen-bond donors (Lipinski definition) is 3. The molecule has 5 rings (SSSR count). The van der Waals surface area contributed by atoms with Crippen molar-refractivity contribution in [2.45, 2.75) is 24.7 Å². The van der Waals surface area contributed by atoms with Crippen LogP contribution >= 0.6 is 11.3 Å². The SMILES string of the molecule is C=CC(=O)NC1N[C@]12CCCN2c1nc(-c2ccc(Oc3ccccc3)cc2)c(C(N)=O)s1. The minimum absolute atomic E-state index is 0.190. The molecule has 0 radical (unpaired) electrons. The Bertz CT molecular complexity index is 1210. The van der Waals surface area contributed by atoms with Gasteiger partial charge in [0.05, 0.1) is 5.69 Å². The molecule has 8 nitrogen and oxygen atoms in total. The van der Waals surface area contributed by atoms with Gasteiger partial charge in [0.25, 0.3) is 5.91 Å². The zero-order valence-electron chi connectivity index (χ0n) is 17.8. The van der Waals surface area contributed by atoms with Gasteiger partial charge in [0.15, 0.2) is 5.13 Å². The molecule has 9 heteroatoms. The van der Waals surface area contributed by atoms with Crippen LogP contribution in [0.1, 0.15) is 22.5 Å². The number of rotatable bonds is 7. The van der Waals surface area contributed by atoms with Gasteiger partial charge in [0.2, 0.25) is 5.91 Å². The van der Waals surface area contributed by atoms with E-state index in [-0.39, 0.29) is 12.1 Å². The van der Waals surface area contributed by atoms with Crippen molar-refractivity contribution in [2.24, 2.45) is 5.73 Å². The van der Waals surface area contributed by atoms with Gasteiger partial charge in [-0.2, -0.15) is 0 Å². The molecule has 0 bridgehead atoms. The Hall–Kier alpha value is -3.69. The smallest absolute Gasteiger partial charge is 0.261 e. The summed E-state index contributed by atoms with van der Waals surface area (Å²) in [5.74, 6) is 0.675. The maximum Gasteiger partial charge on any atom is 0.261 e. The van der Waals surface area contributed by atoms with Crippen molar-refractivity contribution in [3.05, 3.63) is 72.1 Å². The van der Waals surface area contributed by atoms with E-state index in [2.05, 4.69) is 22.1 Å². The number of benzene rings is 2. The van der Waals surface area contributed by atoms with Crippen LogP contribution in [0.3, 0.4) is 0 Å². The highest BCUT2D eigenvalue weighted by atomic mass is 32.1. The van der Waals surface area contributed by atoms with Gasteiger partial charge >= 0.3 is 0 Å². The summed E-state index contributed by atoms with van der Waals surface area (Å²) in [7, 11) is 0. The maximum absolute atomic E-state index is 12.2. The minimum atomic E-state index is -0.521. The summed E-state index contributed by atoms with van der Waals surface area (Å²) in [6.07, 6.45) is 2.87. The van der Waals surface area contributed by atoms with Crippen molar-refractivity contribution < 1.29 is 14.3 Å². The van der Waals surface area contributed by atoms with Crippen LogP contribution in [0.4, 0.5) is 5.13 Å². The largest absolute Gasteiger partial charge is 0.457 e. The molecule has 1 aromatic heterocycles. The van der Waals surface area contributed by atoms with Crippen molar-refractivity contribution in [1.82, 2.24) is 15.6 Å². The number of anilines is 1. The molecule has 4 N–H and O–H groups in total. The number of amides is 2. The average Bonchev–Trinajstić information content (AvgIpc) is 3.14. The van der Waals surface area contributed by atoms with Gasteiger partial charge in [-0.25, -0.2) is 4.98 Å². The molecule has 33 heavy (non-hydrogen) atoms. The summed E-state index contributed by atoms with van der Waals surface area (Å²) >= 11 is 1.27. The summed E-state index contributed by atoms with van der Waals surface area (Å²) in [5, 5.41) is 6.96. The molecule has 2 amide bonds. The molecule has 2 atom stereocenters. The lowest BCUT2D eigenvalue weighted by Crippen LogP contribution is -2.40. The second-order valence-corrected chi connectivity index (χ2v) is 8.92. The Labute approximate surface area is 195 Å². The molecular formula is C24H23N5O3S. The standard InChI is InChI=1S/C24H23N5O3S/c1-2-18(30)26-22-24(28-22)13-6-14-29(24)23-27-19(20(33-23)21(25)31)15-9-11-17(12-10-15)32-16-7-4-3-5-8-16/h2-5,7-12,22,28H,1,6,13-14H2,(H2,25,31)(H,26,30)/t22?,24-/m0/s1. The minimum Gasteiger partial charge on any atom is -0.457 e. The second-order valence-electron chi connectivity index (χ2n) is 7.95. The van der Waals surface area contributed by atoms with Gasteiger partial charge in [-0.15, -0.1) is 0 Å². The first-order valence-corrected chi connectivity index (χ1v) is 11.4. The molecule has 2 aliphatic rings. The van der Waals surface area contributed by atoms with E-state index in [0.717, 1.165) is 30.7 Å². The lowest BCUT2D eigenvalue weighted by Gasteiger charge is -2.23. The molecule has 1 unspecified atom stereocenters. The normalized spacial score (nSPS) is 21.1.